The fourth-order valence-electron chi connectivity index (χ4n) is 3.83. The second-order valence-corrected chi connectivity index (χ2v) is 21.4. The molecule has 4 heterocycles. The Morgan fingerprint density at radius 2 is 1.46 bits per heavy atom. The molecule has 0 saturated heterocycles. The first kappa shape index (κ1) is 16.6. The number of fused-ring (bicyclic) bond motifs is 6. The molecule has 2 aliphatic heterocycles. The van der Waals surface area contributed by atoms with Crippen LogP contribution in [0.4, 0.5) is 0 Å². The standard InChI is InChI=1S/C16H10N2OP2S5/c22-20(23)17-12-8-4-2-6-10(12)16-14(17)13-15(19-20)9-5-1-3-7-11(9)18(13)21(24,25)26-16/h1-8H,(H,22,23)(H,24,25). The molecule has 2 unspecified atom stereocenters. The van der Waals surface area contributed by atoms with E-state index in [0.29, 0.717) is 0 Å². The van der Waals surface area contributed by atoms with E-state index in [0.717, 1.165) is 43.8 Å². The zero-order valence-electron chi connectivity index (χ0n) is 12.9. The fraction of sp³-hybridized carbons (Fsp3) is 0. The van der Waals surface area contributed by atoms with Crippen molar-refractivity contribution >= 4 is 91.5 Å². The van der Waals surface area contributed by atoms with Gasteiger partial charge in [-0.3, -0.25) is 8.68 Å². The zero-order chi connectivity index (χ0) is 17.8. The second kappa shape index (κ2) is 5.18. The predicted molar refractivity (Wildman–Crippen MR) is 127 cm³/mol. The van der Waals surface area contributed by atoms with E-state index in [2.05, 4.69) is 32.9 Å². The average molecular weight is 469 g/mol. The minimum absolute atomic E-state index is 0.805. The van der Waals surface area contributed by atoms with Crippen molar-refractivity contribution in [2.24, 2.45) is 0 Å². The van der Waals surface area contributed by atoms with Gasteiger partial charge in [-0.1, -0.05) is 65.8 Å². The third kappa shape index (κ3) is 1.92. The van der Waals surface area contributed by atoms with E-state index in [1.807, 2.05) is 24.3 Å². The van der Waals surface area contributed by atoms with Gasteiger partial charge in [0.1, 0.15) is 10.3 Å². The Morgan fingerprint density at radius 3 is 2.19 bits per heavy atom. The largest absolute Gasteiger partial charge is 0.437 e. The van der Waals surface area contributed by atoms with Gasteiger partial charge in [0.25, 0.3) is 5.62 Å². The van der Waals surface area contributed by atoms with Crippen LogP contribution in [-0.2, 0) is 23.6 Å². The number of hydrogen-bond acceptors (Lipinski definition) is 4. The first-order chi connectivity index (χ1) is 12.4. The minimum Gasteiger partial charge on any atom is -0.437 e. The van der Waals surface area contributed by atoms with E-state index < -0.39 is 10.2 Å². The molecule has 4 aromatic rings. The summed E-state index contributed by atoms with van der Waals surface area (Å²) in [6.45, 7) is 0. The number of para-hydroxylation sites is 2. The topological polar surface area (TPSA) is 19.1 Å². The number of nitrogens with zero attached hydrogens (tertiary/aromatic N) is 2. The number of hydrogen-bond donors (Lipinski definition) is 2. The van der Waals surface area contributed by atoms with Crippen molar-refractivity contribution in [1.29, 1.82) is 0 Å². The highest BCUT2D eigenvalue weighted by Gasteiger charge is 2.44. The van der Waals surface area contributed by atoms with Crippen LogP contribution in [-0.4, -0.2) is 8.68 Å². The molecule has 2 aromatic carbocycles. The summed E-state index contributed by atoms with van der Waals surface area (Å²) < 4.78 is 8.49. The molecule has 0 radical (unpaired) electrons. The summed E-state index contributed by atoms with van der Waals surface area (Å²) in [6, 6.07) is 16.4. The van der Waals surface area contributed by atoms with Crippen LogP contribution in [0, 0.1) is 0 Å². The maximum absolute atomic E-state index is 6.39. The van der Waals surface area contributed by atoms with Crippen molar-refractivity contribution in [2.75, 3.05) is 0 Å². The molecule has 26 heavy (non-hydrogen) atoms. The van der Waals surface area contributed by atoms with Crippen molar-refractivity contribution in [2.45, 2.75) is 4.90 Å². The van der Waals surface area contributed by atoms with Crippen molar-refractivity contribution in [3.63, 3.8) is 0 Å². The molecule has 0 aliphatic carbocycles. The Morgan fingerprint density at radius 1 is 0.846 bits per heavy atom. The van der Waals surface area contributed by atoms with Gasteiger partial charge < -0.3 is 4.52 Å². The summed E-state index contributed by atoms with van der Waals surface area (Å²) in [7, 11) is 0. The molecule has 2 aromatic heterocycles. The highest BCUT2D eigenvalue weighted by atomic mass is 33.2. The highest BCUT2D eigenvalue weighted by molar-refractivity contribution is 8.96. The molecular formula is C16H10N2OP2S5. The smallest absolute Gasteiger partial charge is 0.263 e. The number of rotatable bonds is 0. The van der Waals surface area contributed by atoms with Crippen LogP contribution in [0.1, 0.15) is 0 Å². The summed E-state index contributed by atoms with van der Waals surface area (Å²) >= 11 is 23.4. The molecule has 0 saturated carbocycles. The Kier molecular flexibility index (Phi) is 3.31. The lowest BCUT2D eigenvalue weighted by molar-refractivity contribution is 0.617. The highest BCUT2D eigenvalue weighted by Crippen LogP contribution is 2.78. The fourth-order valence-corrected chi connectivity index (χ4v) is 13.1. The predicted octanol–water partition coefficient (Wildman–Crippen LogP) is 6.77. The van der Waals surface area contributed by atoms with Gasteiger partial charge in [-0.05, 0) is 30.0 Å². The molecule has 130 valence electrons. The van der Waals surface area contributed by atoms with Crippen LogP contribution in [0.25, 0.3) is 33.2 Å². The molecule has 6 rings (SSSR count). The van der Waals surface area contributed by atoms with Crippen LogP contribution >= 0.6 is 46.1 Å². The average Bonchev–Trinajstić information content (AvgIpc) is 3.09. The van der Waals surface area contributed by atoms with Gasteiger partial charge >= 0.3 is 0 Å². The molecule has 2 atom stereocenters. The van der Waals surface area contributed by atoms with Crippen molar-refractivity contribution in [3.05, 3.63) is 48.5 Å². The number of benzene rings is 2. The normalized spacial score (nSPS) is 26.1. The van der Waals surface area contributed by atoms with Crippen LogP contribution in [0.3, 0.4) is 0 Å². The van der Waals surface area contributed by atoms with E-state index in [4.69, 9.17) is 52.6 Å². The van der Waals surface area contributed by atoms with Crippen LogP contribution in [0.5, 0.6) is 5.75 Å². The molecule has 10 heteroatoms. The van der Waals surface area contributed by atoms with Crippen LogP contribution in [0.2, 0.25) is 0 Å². The summed E-state index contributed by atoms with van der Waals surface area (Å²) in [6.07, 6.45) is 0. The Labute approximate surface area is 174 Å². The van der Waals surface area contributed by atoms with E-state index in [1.165, 1.54) is 0 Å². The van der Waals surface area contributed by atoms with Crippen LogP contribution < -0.4 is 4.52 Å². The summed E-state index contributed by atoms with van der Waals surface area (Å²) in [5.74, 6) is 0.805. The quantitative estimate of drug-likeness (QED) is 0.219. The van der Waals surface area contributed by atoms with Gasteiger partial charge in [0.15, 0.2) is 5.75 Å². The third-order valence-electron chi connectivity index (χ3n) is 4.76. The van der Waals surface area contributed by atoms with E-state index >= 15 is 0 Å². The van der Waals surface area contributed by atoms with Crippen molar-refractivity contribution < 1.29 is 4.52 Å². The third-order valence-corrected chi connectivity index (χ3v) is 13.5. The van der Waals surface area contributed by atoms with Crippen molar-refractivity contribution in [1.82, 2.24) is 8.68 Å². The van der Waals surface area contributed by atoms with Crippen molar-refractivity contribution in [3.8, 4) is 17.1 Å². The maximum Gasteiger partial charge on any atom is 0.263 e. The molecule has 0 amide bonds. The van der Waals surface area contributed by atoms with Gasteiger partial charge in [-0.2, -0.15) is 0 Å². The number of aromatic nitrogens is 2. The lowest BCUT2D eigenvalue weighted by Crippen LogP contribution is -2.10. The minimum atomic E-state index is -2.56. The van der Waals surface area contributed by atoms with Crippen LogP contribution in [0.15, 0.2) is 53.4 Å². The molecule has 0 N–H and O–H groups in total. The number of thiol groups is 2. The van der Waals surface area contributed by atoms with E-state index in [1.54, 1.807) is 11.4 Å². The molecule has 3 nitrogen and oxygen atoms in total. The summed E-state index contributed by atoms with van der Waals surface area (Å²) in [5, 5.41) is 2.17. The van der Waals surface area contributed by atoms with Gasteiger partial charge in [-0.15, -0.1) is 12.2 Å². The van der Waals surface area contributed by atoms with Gasteiger partial charge in [0, 0.05) is 10.8 Å². The van der Waals surface area contributed by atoms with E-state index in [-0.39, 0.29) is 0 Å². The molecular weight excluding hydrogens is 458 g/mol. The Hall–Kier alpha value is -0.330. The molecule has 0 spiro atoms. The molecule has 2 aliphatic rings. The maximum atomic E-state index is 6.39. The summed E-state index contributed by atoms with van der Waals surface area (Å²) in [4.78, 5) is 1.15. The Balaban J connectivity index is 1.95. The summed E-state index contributed by atoms with van der Waals surface area (Å²) in [5.41, 5.74) is 1.63. The zero-order valence-corrected chi connectivity index (χ0v) is 19.0. The molecule has 0 fully saturated rings. The monoisotopic (exact) mass is 468 g/mol. The van der Waals surface area contributed by atoms with Gasteiger partial charge in [0.2, 0.25) is 0 Å². The second-order valence-electron chi connectivity index (χ2n) is 6.18. The first-order valence-electron chi connectivity index (χ1n) is 7.74. The van der Waals surface area contributed by atoms with Gasteiger partial charge in [-0.25, -0.2) is 0 Å². The van der Waals surface area contributed by atoms with E-state index in [9.17, 15) is 0 Å². The SMILES string of the molecule is S=P1(S)Oc2c3n(c4ccccc24)P(=S)(S)Sc2c-3n1c1ccccc21. The van der Waals surface area contributed by atoms with Gasteiger partial charge in [0.05, 0.1) is 21.6 Å². The first-order valence-corrected chi connectivity index (χ1v) is 16.9. The lowest BCUT2D eigenvalue weighted by Gasteiger charge is -2.33. The molecule has 0 bridgehead atoms. The lowest BCUT2D eigenvalue weighted by atomic mass is 10.2. The Bertz CT molecular complexity index is 1280.